The molecule has 8 heteroatoms. The number of urea groups is 1. The highest BCUT2D eigenvalue weighted by atomic mass is 79.9. The van der Waals surface area contributed by atoms with E-state index in [2.05, 4.69) is 26.6 Å². The quantitative estimate of drug-likeness (QED) is 0.384. The molecule has 0 spiro atoms. The lowest BCUT2D eigenvalue weighted by Gasteiger charge is -2.14. The van der Waals surface area contributed by atoms with Crippen molar-refractivity contribution in [1.82, 2.24) is 10.2 Å². The van der Waals surface area contributed by atoms with Gasteiger partial charge in [0, 0.05) is 17.6 Å². The maximum atomic E-state index is 12.4. The van der Waals surface area contributed by atoms with Gasteiger partial charge in [-0.05, 0) is 49.2 Å². The lowest BCUT2D eigenvalue weighted by molar-refractivity contribution is 0.0653. The number of carbonyl (C=O) groups is 3. The number of halogens is 1. The predicted octanol–water partition coefficient (Wildman–Crippen LogP) is 3.27. The van der Waals surface area contributed by atoms with Crippen LogP contribution in [0.3, 0.4) is 0 Å². The number of fused-ring (bicyclic) bond motifs is 1. The summed E-state index contributed by atoms with van der Waals surface area (Å²) in [5.41, 5.74) is 1.97. The number of nitrogens with one attached hydrogen (secondary N) is 2. The summed E-state index contributed by atoms with van der Waals surface area (Å²) in [6.45, 7) is 2.32. The lowest BCUT2D eigenvalue weighted by Crippen LogP contribution is -2.35. The number of phenolic OH excluding ortho intramolecular Hbond substituents is 1. The highest BCUT2D eigenvalue weighted by molar-refractivity contribution is 9.10. The number of anilines is 1. The van der Waals surface area contributed by atoms with Crippen molar-refractivity contribution in [3.05, 3.63) is 57.6 Å². The van der Waals surface area contributed by atoms with Crippen LogP contribution in [0.5, 0.6) is 5.75 Å². The van der Waals surface area contributed by atoms with Gasteiger partial charge in [-0.3, -0.25) is 14.5 Å². The van der Waals surface area contributed by atoms with E-state index in [1.807, 2.05) is 6.92 Å². The average Bonchev–Trinajstić information content (AvgIpc) is 2.85. The number of carbonyl (C=O) groups excluding carboxylic acids is 3. The molecule has 7 nitrogen and oxygen atoms in total. The number of hydrogen-bond donors (Lipinski definition) is 3. The number of rotatable bonds is 5. The Labute approximate surface area is 164 Å². The van der Waals surface area contributed by atoms with Crippen LogP contribution in [0.1, 0.15) is 32.7 Å². The van der Waals surface area contributed by atoms with E-state index >= 15 is 0 Å². The van der Waals surface area contributed by atoms with E-state index in [4.69, 9.17) is 0 Å². The Hall–Kier alpha value is -2.87. The molecule has 0 unspecified atom stereocenters. The zero-order valence-corrected chi connectivity index (χ0v) is 16.2. The maximum absolute atomic E-state index is 12.4. The molecule has 0 aromatic heterocycles. The number of benzene rings is 2. The van der Waals surface area contributed by atoms with Crippen LogP contribution in [0.2, 0.25) is 0 Å². The molecular weight excluding hydrogens is 414 g/mol. The van der Waals surface area contributed by atoms with Gasteiger partial charge in [-0.2, -0.15) is 0 Å². The summed E-state index contributed by atoms with van der Waals surface area (Å²) in [5.74, 6) is -0.663. The lowest BCUT2D eigenvalue weighted by atomic mass is 10.1. The minimum Gasteiger partial charge on any atom is -0.506 e. The van der Waals surface area contributed by atoms with Crippen LogP contribution >= 0.6 is 15.9 Å². The molecule has 0 atom stereocenters. The zero-order chi connectivity index (χ0) is 19.6. The molecule has 1 heterocycles. The molecular formula is C19H18BrN3O4. The second kappa shape index (κ2) is 7.79. The van der Waals surface area contributed by atoms with E-state index in [0.29, 0.717) is 23.2 Å². The third kappa shape index (κ3) is 4.11. The van der Waals surface area contributed by atoms with Gasteiger partial charge in [0.1, 0.15) is 5.75 Å². The van der Waals surface area contributed by atoms with Gasteiger partial charge in [-0.15, -0.1) is 0 Å². The fraction of sp³-hybridized carbons (Fsp3) is 0.211. The monoisotopic (exact) mass is 431 g/mol. The van der Waals surface area contributed by atoms with Crippen molar-refractivity contribution in [3.63, 3.8) is 0 Å². The van der Waals surface area contributed by atoms with Gasteiger partial charge in [0.05, 0.1) is 16.8 Å². The van der Waals surface area contributed by atoms with E-state index in [1.54, 1.807) is 36.4 Å². The Morgan fingerprint density at radius 1 is 1.11 bits per heavy atom. The number of aryl methyl sites for hydroxylation is 1. The third-order valence-corrected chi connectivity index (χ3v) is 4.67. The summed E-state index contributed by atoms with van der Waals surface area (Å²) >= 11 is 3.29. The summed E-state index contributed by atoms with van der Waals surface area (Å²) in [6, 6.07) is 9.45. The molecule has 2 aromatic rings. The smallest absolute Gasteiger partial charge is 0.319 e. The van der Waals surface area contributed by atoms with Gasteiger partial charge >= 0.3 is 6.03 Å². The Morgan fingerprint density at radius 2 is 1.85 bits per heavy atom. The first-order valence-corrected chi connectivity index (χ1v) is 9.16. The minimum atomic E-state index is -0.472. The summed E-state index contributed by atoms with van der Waals surface area (Å²) in [5, 5.41) is 15.0. The van der Waals surface area contributed by atoms with Crippen LogP contribution in [-0.4, -0.2) is 40.9 Å². The molecule has 3 rings (SSSR count). The molecule has 1 aliphatic heterocycles. The molecule has 0 saturated heterocycles. The number of imide groups is 1. The Morgan fingerprint density at radius 3 is 2.59 bits per heavy atom. The normalized spacial score (nSPS) is 12.9. The number of amides is 4. The van der Waals surface area contributed by atoms with Crippen LogP contribution in [-0.2, 0) is 0 Å². The molecule has 0 fully saturated rings. The number of nitrogens with zero attached hydrogens (tertiary/aromatic N) is 1. The Kier molecular flexibility index (Phi) is 5.46. The molecule has 0 aliphatic carbocycles. The van der Waals surface area contributed by atoms with Crippen molar-refractivity contribution in [2.24, 2.45) is 0 Å². The van der Waals surface area contributed by atoms with Gasteiger partial charge in [0.15, 0.2) is 0 Å². The number of hydrogen-bond acceptors (Lipinski definition) is 4. The van der Waals surface area contributed by atoms with Crippen molar-refractivity contribution in [2.45, 2.75) is 13.3 Å². The van der Waals surface area contributed by atoms with Crippen molar-refractivity contribution in [2.75, 3.05) is 18.4 Å². The van der Waals surface area contributed by atoms with Crippen LogP contribution in [0, 0.1) is 6.92 Å². The molecule has 3 N–H and O–H groups in total. The van der Waals surface area contributed by atoms with Gasteiger partial charge in [0.25, 0.3) is 11.8 Å². The third-order valence-electron chi connectivity index (χ3n) is 4.18. The molecule has 1 aliphatic rings. The van der Waals surface area contributed by atoms with Crippen molar-refractivity contribution in [1.29, 1.82) is 0 Å². The van der Waals surface area contributed by atoms with Gasteiger partial charge in [-0.1, -0.05) is 22.0 Å². The highest BCUT2D eigenvalue weighted by Gasteiger charge is 2.34. The molecule has 0 bridgehead atoms. The molecule has 0 radical (unpaired) electrons. The first-order chi connectivity index (χ1) is 12.9. The van der Waals surface area contributed by atoms with Gasteiger partial charge in [-0.25, -0.2) is 4.79 Å². The van der Waals surface area contributed by atoms with E-state index in [1.165, 1.54) is 4.90 Å². The fourth-order valence-electron chi connectivity index (χ4n) is 2.82. The summed E-state index contributed by atoms with van der Waals surface area (Å²) in [6.07, 6.45) is 0.417. The number of phenols is 1. The van der Waals surface area contributed by atoms with Gasteiger partial charge in [0.2, 0.25) is 0 Å². The van der Waals surface area contributed by atoms with Gasteiger partial charge < -0.3 is 15.7 Å². The van der Waals surface area contributed by atoms with Crippen molar-refractivity contribution >= 4 is 39.5 Å². The Balaban J connectivity index is 1.48. The largest absolute Gasteiger partial charge is 0.506 e. The van der Waals surface area contributed by atoms with Crippen LogP contribution in [0.15, 0.2) is 40.9 Å². The fourth-order valence-corrected chi connectivity index (χ4v) is 3.18. The maximum Gasteiger partial charge on any atom is 0.319 e. The minimum absolute atomic E-state index is 0.0117. The van der Waals surface area contributed by atoms with E-state index in [0.717, 1.165) is 10.0 Å². The van der Waals surface area contributed by atoms with E-state index in [9.17, 15) is 19.5 Å². The van der Waals surface area contributed by atoms with Crippen LogP contribution < -0.4 is 10.6 Å². The molecule has 27 heavy (non-hydrogen) atoms. The van der Waals surface area contributed by atoms with Crippen LogP contribution in [0.25, 0.3) is 0 Å². The average molecular weight is 432 g/mol. The summed E-state index contributed by atoms with van der Waals surface area (Å²) in [4.78, 5) is 37.8. The summed E-state index contributed by atoms with van der Waals surface area (Å²) < 4.78 is 0.738. The van der Waals surface area contributed by atoms with Crippen LogP contribution in [0.4, 0.5) is 10.5 Å². The SMILES string of the molecule is Cc1ccc(NC(=O)NCCCN2C(=O)c3ccc(Br)cc3C2=O)c(O)c1. The van der Waals surface area contributed by atoms with E-state index in [-0.39, 0.29) is 30.7 Å². The first-order valence-electron chi connectivity index (χ1n) is 8.37. The molecule has 140 valence electrons. The second-order valence-electron chi connectivity index (χ2n) is 6.21. The van der Waals surface area contributed by atoms with Crippen molar-refractivity contribution < 1.29 is 19.5 Å². The Bertz CT molecular complexity index is 929. The summed E-state index contributed by atoms with van der Waals surface area (Å²) in [7, 11) is 0. The van der Waals surface area contributed by atoms with Crippen molar-refractivity contribution in [3.8, 4) is 5.75 Å². The second-order valence-corrected chi connectivity index (χ2v) is 7.12. The first kappa shape index (κ1) is 18.9. The molecule has 4 amide bonds. The zero-order valence-electron chi connectivity index (χ0n) is 14.6. The standard InChI is InChI=1S/C19H18BrN3O4/c1-11-3-6-15(16(24)9-11)22-19(27)21-7-2-8-23-17(25)13-5-4-12(20)10-14(13)18(23)26/h3-6,9-10,24H,2,7-8H2,1H3,(H2,21,22,27). The highest BCUT2D eigenvalue weighted by Crippen LogP contribution is 2.26. The van der Waals surface area contributed by atoms with E-state index < -0.39 is 6.03 Å². The number of aromatic hydroxyl groups is 1. The molecule has 0 saturated carbocycles. The topological polar surface area (TPSA) is 98.7 Å². The molecule has 2 aromatic carbocycles. The predicted molar refractivity (Wildman–Crippen MR) is 104 cm³/mol.